The van der Waals surface area contributed by atoms with Crippen LogP contribution in [0.15, 0.2) is 24.3 Å². The van der Waals surface area contributed by atoms with Crippen LogP contribution in [0.4, 0.5) is 4.79 Å². The Kier molecular flexibility index (Phi) is 4.04. The Bertz CT molecular complexity index is 509. The molecule has 3 rings (SSSR count). The van der Waals surface area contributed by atoms with Crippen molar-refractivity contribution in [3.05, 3.63) is 29.8 Å². The van der Waals surface area contributed by atoms with E-state index in [0.717, 1.165) is 24.2 Å². The molecular formula is C17H24N2O2. The largest absolute Gasteiger partial charge is 0.496 e. The number of carbonyl (C=O) groups is 1. The molecule has 4 heteroatoms. The molecule has 0 saturated heterocycles. The lowest BCUT2D eigenvalue weighted by Gasteiger charge is -2.29. The Morgan fingerprint density at radius 1 is 1.33 bits per heavy atom. The maximum atomic E-state index is 12.5. The number of ether oxygens (including phenoxy) is 1. The molecule has 4 nitrogen and oxygen atoms in total. The first-order valence-electron chi connectivity index (χ1n) is 7.88. The molecule has 0 aromatic heterocycles. The number of hydrogen-bond donors (Lipinski definition) is 1. The van der Waals surface area contributed by atoms with Crippen LogP contribution >= 0.6 is 0 Å². The average Bonchev–Trinajstić information content (AvgIpc) is 3.38. The summed E-state index contributed by atoms with van der Waals surface area (Å²) < 4.78 is 5.33. The number of benzene rings is 1. The van der Waals surface area contributed by atoms with Crippen molar-refractivity contribution in [1.29, 1.82) is 0 Å². The fraction of sp³-hybridized carbons (Fsp3) is 0.588. The van der Waals surface area contributed by atoms with Crippen LogP contribution in [0.5, 0.6) is 5.75 Å². The van der Waals surface area contributed by atoms with Crippen LogP contribution in [-0.2, 0) is 6.54 Å². The minimum atomic E-state index is 0.0720. The van der Waals surface area contributed by atoms with Gasteiger partial charge >= 0.3 is 6.03 Å². The molecule has 0 aliphatic heterocycles. The number of rotatable bonds is 6. The summed E-state index contributed by atoms with van der Waals surface area (Å²) in [6.45, 7) is 2.71. The summed E-state index contributed by atoms with van der Waals surface area (Å²) in [7, 11) is 1.66. The summed E-state index contributed by atoms with van der Waals surface area (Å²) in [4.78, 5) is 14.6. The molecule has 2 aliphatic carbocycles. The molecule has 1 atom stereocenters. The molecular weight excluding hydrogens is 264 g/mol. The van der Waals surface area contributed by atoms with Crippen molar-refractivity contribution in [2.24, 2.45) is 5.92 Å². The molecule has 1 N–H and O–H groups in total. The fourth-order valence-corrected chi connectivity index (χ4v) is 2.95. The van der Waals surface area contributed by atoms with Gasteiger partial charge in [0.2, 0.25) is 0 Å². The third-order valence-corrected chi connectivity index (χ3v) is 4.54. The molecule has 1 aromatic carbocycles. The quantitative estimate of drug-likeness (QED) is 0.873. The number of para-hydroxylation sites is 1. The van der Waals surface area contributed by atoms with Crippen LogP contribution in [-0.4, -0.2) is 30.1 Å². The predicted molar refractivity (Wildman–Crippen MR) is 82.3 cm³/mol. The number of amides is 2. The smallest absolute Gasteiger partial charge is 0.318 e. The molecule has 2 saturated carbocycles. The summed E-state index contributed by atoms with van der Waals surface area (Å²) in [5.74, 6) is 1.54. The molecule has 21 heavy (non-hydrogen) atoms. The van der Waals surface area contributed by atoms with Crippen LogP contribution in [0.3, 0.4) is 0 Å². The minimum Gasteiger partial charge on any atom is -0.496 e. The van der Waals surface area contributed by atoms with Gasteiger partial charge in [-0.25, -0.2) is 4.79 Å². The minimum absolute atomic E-state index is 0.0720. The maximum absolute atomic E-state index is 12.5. The molecule has 0 bridgehead atoms. The molecule has 0 heterocycles. The van der Waals surface area contributed by atoms with E-state index in [4.69, 9.17) is 4.74 Å². The van der Waals surface area contributed by atoms with Gasteiger partial charge in [0.05, 0.1) is 7.11 Å². The van der Waals surface area contributed by atoms with E-state index in [2.05, 4.69) is 17.1 Å². The van der Waals surface area contributed by atoms with Crippen LogP contribution in [0.1, 0.15) is 38.2 Å². The maximum Gasteiger partial charge on any atom is 0.318 e. The predicted octanol–water partition coefficient (Wildman–Crippen LogP) is 3.17. The second kappa shape index (κ2) is 5.96. The lowest BCUT2D eigenvalue weighted by Crippen LogP contribution is -2.47. The Morgan fingerprint density at radius 3 is 2.67 bits per heavy atom. The molecule has 114 valence electrons. The average molecular weight is 288 g/mol. The Balaban J connectivity index is 1.61. The highest BCUT2D eigenvalue weighted by atomic mass is 16.5. The van der Waals surface area contributed by atoms with Crippen molar-refractivity contribution in [2.75, 3.05) is 7.11 Å². The van der Waals surface area contributed by atoms with Crippen LogP contribution < -0.4 is 10.1 Å². The lowest BCUT2D eigenvalue weighted by molar-refractivity contribution is 0.166. The van der Waals surface area contributed by atoms with Gasteiger partial charge in [0.15, 0.2) is 0 Å². The summed E-state index contributed by atoms with van der Waals surface area (Å²) in [5, 5.41) is 3.07. The van der Waals surface area contributed by atoms with Gasteiger partial charge in [0.1, 0.15) is 5.75 Å². The van der Waals surface area contributed by atoms with Gasteiger partial charge in [-0.3, -0.25) is 0 Å². The lowest BCUT2D eigenvalue weighted by atomic mass is 10.2. The fourth-order valence-electron chi connectivity index (χ4n) is 2.95. The number of urea groups is 1. The van der Waals surface area contributed by atoms with Crippen molar-refractivity contribution < 1.29 is 9.53 Å². The molecule has 2 fully saturated rings. The number of carbonyl (C=O) groups excluding carboxylic acids is 1. The van der Waals surface area contributed by atoms with E-state index >= 15 is 0 Å². The second-order valence-electron chi connectivity index (χ2n) is 6.19. The van der Waals surface area contributed by atoms with E-state index in [1.807, 2.05) is 24.3 Å². The normalized spacial score (nSPS) is 19.0. The summed E-state index contributed by atoms with van der Waals surface area (Å²) in [6, 6.07) is 8.72. The van der Waals surface area contributed by atoms with Crippen molar-refractivity contribution in [2.45, 2.75) is 51.2 Å². The van der Waals surface area contributed by atoms with Crippen molar-refractivity contribution in [1.82, 2.24) is 10.2 Å². The molecule has 0 unspecified atom stereocenters. The first-order chi connectivity index (χ1) is 10.2. The van der Waals surface area contributed by atoms with E-state index in [1.54, 1.807) is 7.11 Å². The zero-order valence-corrected chi connectivity index (χ0v) is 12.8. The van der Waals surface area contributed by atoms with Gasteiger partial charge in [-0.2, -0.15) is 0 Å². The van der Waals surface area contributed by atoms with Gasteiger partial charge in [-0.05, 0) is 44.6 Å². The van der Waals surface area contributed by atoms with E-state index < -0.39 is 0 Å². The monoisotopic (exact) mass is 288 g/mol. The SMILES string of the molecule is COc1ccccc1CNC(=O)N(C1CC1)[C@@H](C)C1CC1. The van der Waals surface area contributed by atoms with E-state index in [0.29, 0.717) is 24.5 Å². The number of hydrogen-bond acceptors (Lipinski definition) is 2. The highest BCUT2D eigenvalue weighted by Gasteiger charge is 2.41. The van der Waals surface area contributed by atoms with Crippen molar-refractivity contribution in [3.8, 4) is 5.75 Å². The first kappa shape index (κ1) is 14.2. The summed E-state index contributed by atoms with van der Waals surface area (Å²) in [6.07, 6.45) is 4.84. The zero-order chi connectivity index (χ0) is 14.8. The number of nitrogens with one attached hydrogen (secondary N) is 1. The summed E-state index contributed by atoms with van der Waals surface area (Å²) in [5.41, 5.74) is 1.02. The van der Waals surface area contributed by atoms with Crippen molar-refractivity contribution in [3.63, 3.8) is 0 Å². The van der Waals surface area contributed by atoms with E-state index in [1.165, 1.54) is 12.8 Å². The van der Waals surface area contributed by atoms with Crippen LogP contribution in [0, 0.1) is 5.92 Å². The number of nitrogens with zero attached hydrogens (tertiary/aromatic N) is 1. The highest BCUT2D eigenvalue weighted by Crippen LogP contribution is 2.39. The van der Waals surface area contributed by atoms with Gasteiger partial charge in [-0.15, -0.1) is 0 Å². The van der Waals surface area contributed by atoms with Gasteiger partial charge < -0.3 is 15.0 Å². The van der Waals surface area contributed by atoms with Gasteiger partial charge in [0.25, 0.3) is 0 Å². The van der Waals surface area contributed by atoms with Gasteiger partial charge in [-0.1, -0.05) is 18.2 Å². The van der Waals surface area contributed by atoms with E-state index in [-0.39, 0.29) is 6.03 Å². The molecule has 0 radical (unpaired) electrons. The number of methoxy groups -OCH3 is 1. The van der Waals surface area contributed by atoms with Crippen molar-refractivity contribution >= 4 is 6.03 Å². The molecule has 0 spiro atoms. The van der Waals surface area contributed by atoms with Crippen LogP contribution in [0.25, 0.3) is 0 Å². The van der Waals surface area contributed by atoms with Crippen LogP contribution in [0.2, 0.25) is 0 Å². The zero-order valence-electron chi connectivity index (χ0n) is 12.8. The Hall–Kier alpha value is -1.71. The highest BCUT2D eigenvalue weighted by molar-refractivity contribution is 5.75. The molecule has 2 aliphatic rings. The Labute approximate surface area is 126 Å². The topological polar surface area (TPSA) is 41.6 Å². The standard InChI is InChI=1S/C17H24N2O2/c1-12(13-7-8-13)19(15-9-10-15)17(20)18-11-14-5-3-4-6-16(14)21-2/h3-6,12-13,15H,7-11H2,1-2H3,(H,18,20)/t12-/m0/s1. The third kappa shape index (κ3) is 3.31. The molecule has 2 amide bonds. The van der Waals surface area contributed by atoms with Gasteiger partial charge in [0, 0.05) is 24.2 Å². The summed E-state index contributed by atoms with van der Waals surface area (Å²) >= 11 is 0. The van der Waals surface area contributed by atoms with E-state index in [9.17, 15) is 4.79 Å². The molecule has 1 aromatic rings. The first-order valence-corrected chi connectivity index (χ1v) is 7.88. The second-order valence-corrected chi connectivity index (χ2v) is 6.19. The third-order valence-electron chi connectivity index (χ3n) is 4.54. The Morgan fingerprint density at radius 2 is 2.05 bits per heavy atom.